The molecule has 0 fully saturated rings. The van der Waals surface area contributed by atoms with E-state index < -0.39 is 50.9 Å². The number of para-hydroxylation sites is 1. The van der Waals surface area contributed by atoms with E-state index >= 15 is 0 Å². The molecule has 1 heterocycles. The number of fused-ring (bicyclic) bond motifs is 1. The van der Waals surface area contributed by atoms with Crippen LogP contribution in [0.25, 0.3) is 10.9 Å². The Bertz CT molecular complexity index is 1810. The van der Waals surface area contributed by atoms with E-state index in [-0.39, 0.29) is 63.4 Å². The van der Waals surface area contributed by atoms with Crippen molar-refractivity contribution in [1.82, 2.24) is 20.9 Å². The van der Waals surface area contributed by atoms with E-state index in [0.29, 0.717) is 24.8 Å². The number of carbonyl (C=O) groups is 5. The number of carboxylic acid groups (broad SMARTS) is 1. The number of nitrogens with one attached hydrogen (secondary N) is 4. The van der Waals surface area contributed by atoms with Gasteiger partial charge < -0.3 is 40.4 Å². The summed E-state index contributed by atoms with van der Waals surface area (Å²) in [5.41, 5.74) is 1.56. The molecule has 1 aromatic carbocycles. The zero-order valence-corrected chi connectivity index (χ0v) is 45.4. The Kier molecular flexibility index (Phi) is 37.1. The summed E-state index contributed by atoms with van der Waals surface area (Å²) in [4.78, 5) is 77.2. The molecule has 0 radical (unpaired) electrons. The van der Waals surface area contributed by atoms with Crippen LogP contribution in [0.2, 0.25) is 0 Å². The summed E-state index contributed by atoms with van der Waals surface area (Å²) in [5.74, 6) is -2.73. The van der Waals surface area contributed by atoms with Gasteiger partial charge in [-0.25, -0.2) is 4.57 Å². The van der Waals surface area contributed by atoms with Gasteiger partial charge in [-0.15, -0.1) is 0 Å². The van der Waals surface area contributed by atoms with Crippen LogP contribution in [0.15, 0.2) is 30.5 Å². The van der Waals surface area contributed by atoms with Crippen molar-refractivity contribution in [1.29, 1.82) is 0 Å². The molecule has 16 nitrogen and oxygen atoms in total. The Hall–Kier alpha value is -3.82. The Morgan fingerprint density at radius 1 is 0.625 bits per heavy atom. The van der Waals surface area contributed by atoms with E-state index in [1.54, 1.807) is 6.20 Å². The lowest BCUT2D eigenvalue weighted by molar-refractivity contribution is -0.150. The number of benzene rings is 1. The van der Waals surface area contributed by atoms with Crippen molar-refractivity contribution in [3.8, 4) is 0 Å². The topological polar surface area (TPSA) is 232 Å². The zero-order chi connectivity index (χ0) is 52.5. The predicted molar refractivity (Wildman–Crippen MR) is 284 cm³/mol. The maximum absolute atomic E-state index is 13.1. The first-order valence-corrected chi connectivity index (χ1v) is 29.4. The summed E-state index contributed by atoms with van der Waals surface area (Å²) in [7, 11) is -4.70. The van der Waals surface area contributed by atoms with Gasteiger partial charge in [-0.1, -0.05) is 174 Å². The molecule has 6 N–H and O–H groups in total. The van der Waals surface area contributed by atoms with Gasteiger partial charge in [0, 0.05) is 49.3 Å². The van der Waals surface area contributed by atoms with Gasteiger partial charge in [0.05, 0.1) is 38.9 Å². The molecule has 0 saturated heterocycles. The molecular weight excluding hydrogens is 940 g/mol. The van der Waals surface area contributed by atoms with Gasteiger partial charge in [0.25, 0.3) is 0 Å². The highest BCUT2D eigenvalue weighted by atomic mass is 31.2. The highest BCUT2D eigenvalue weighted by molar-refractivity contribution is 7.47. The number of hydrogen-bond acceptors (Lipinski definition) is 10. The molecule has 412 valence electrons. The number of aromatic amines is 1. The lowest BCUT2D eigenvalue weighted by atomic mass is 10.1. The van der Waals surface area contributed by atoms with E-state index in [1.807, 2.05) is 24.3 Å². The minimum Gasteiger partial charge on any atom is -0.481 e. The Balaban J connectivity index is 1.94. The number of unbranched alkanes of at least 4 members (excludes halogenated alkanes) is 21. The number of esters is 1. The number of rotatable bonds is 48. The normalized spacial score (nSPS) is 13.6. The second kappa shape index (κ2) is 41.5. The van der Waals surface area contributed by atoms with Gasteiger partial charge in [-0.2, -0.15) is 0 Å². The molecule has 2 rings (SSSR count). The molecule has 0 aliphatic rings. The fourth-order valence-electron chi connectivity index (χ4n) is 8.62. The van der Waals surface area contributed by atoms with Crippen molar-refractivity contribution in [2.75, 3.05) is 33.0 Å². The smallest absolute Gasteiger partial charge is 0.472 e. The van der Waals surface area contributed by atoms with Crippen LogP contribution in [0, 0.1) is 0 Å². The molecule has 4 unspecified atom stereocenters. The van der Waals surface area contributed by atoms with Crippen LogP contribution >= 0.6 is 7.82 Å². The number of H-pyrrole nitrogens is 1. The van der Waals surface area contributed by atoms with E-state index in [1.165, 1.54) is 77.0 Å². The van der Waals surface area contributed by atoms with E-state index in [4.69, 9.17) is 18.5 Å². The number of amides is 3. The number of aliphatic carboxylic acids is 1. The molecule has 4 atom stereocenters. The molecule has 3 amide bonds. The summed E-state index contributed by atoms with van der Waals surface area (Å²) in [5, 5.41) is 18.2. The van der Waals surface area contributed by atoms with Crippen molar-refractivity contribution < 1.29 is 57.1 Å². The van der Waals surface area contributed by atoms with Gasteiger partial charge >= 0.3 is 19.8 Å². The van der Waals surface area contributed by atoms with Crippen LogP contribution in [0.5, 0.6) is 0 Å². The molecule has 0 aliphatic heterocycles. The number of carboxylic acids is 1. The Morgan fingerprint density at radius 3 is 1.81 bits per heavy atom. The molecule has 1 aromatic heterocycles. The maximum Gasteiger partial charge on any atom is 0.472 e. The lowest BCUT2D eigenvalue weighted by Crippen LogP contribution is -2.48. The van der Waals surface area contributed by atoms with E-state index in [9.17, 15) is 38.5 Å². The molecule has 72 heavy (non-hydrogen) atoms. The quantitative estimate of drug-likeness (QED) is 0.0206. The van der Waals surface area contributed by atoms with Gasteiger partial charge in [-0.3, -0.25) is 33.0 Å². The fourth-order valence-corrected chi connectivity index (χ4v) is 9.38. The second-order valence-electron chi connectivity index (χ2n) is 19.4. The minimum atomic E-state index is -4.70. The van der Waals surface area contributed by atoms with Crippen LogP contribution < -0.4 is 16.0 Å². The highest BCUT2D eigenvalue weighted by Crippen LogP contribution is 2.43. The van der Waals surface area contributed by atoms with E-state index in [2.05, 4.69) is 41.7 Å². The van der Waals surface area contributed by atoms with Gasteiger partial charge in [0.15, 0.2) is 0 Å². The highest BCUT2D eigenvalue weighted by Gasteiger charge is 2.26. The Labute approximate surface area is 432 Å². The number of carbonyl (C=O) groups excluding carboxylic acids is 4. The van der Waals surface area contributed by atoms with Crippen LogP contribution in [0.4, 0.5) is 0 Å². The summed E-state index contributed by atoms with van der Waals surface area (Å²) in [6, 6.07) is 5.47. The molecule has 17 heteroatoms. The fraction of sp³-hybridized carbons (Fsp3) is 0.764. The predicted octanol–water partition coefficient (Wildman–Crippen LogP) is 11.7. The summed E-state index contributed by atoms with van der Waals surface area (Å²) < 4.78 is 35.5. The van der Waals surface area contributed by atoms with Crippen molar-refractivity contribution >= 4 is 48.4 Å². The van der Waals surface area contributed by atoms with E-state index in [0.717, 1.165) is 88.0 Å². The van der Waals surface area contributed by atoms with Gasteiger partial charge in [0.2, 0.25) is 17.7 Å². The third-order valence-electron chi connectivity index (χ3n) is 12.9. The standard InChI is InChI=1S/C55H95N4O12P/c1-4-7-10-13-15-17-18-19-20-23-26-33-51(60)58-46(43-68-39-37-47(30-25-22-12-9-6-3)71-54(64)34-27-24-21-16-14-11-8-5-2)44-70-72(66,67)69-40-38-56-55(65)50(35-36-53(62)63)59-52(61)41-45-42-57-49-32-29-28-31-48(45)49/h28-29,31-32,42,46-47,50,57H,4-27,30,33-41,43-44H2,1-3H3,(H,56,65)(H,58,60)(H,59,61)(H,62,63)(H,66,67). The number of aromatic nitrogens is 1. The maximum atomic E-state index is 13.1. The largest absolute Gasteiger partial charge is 0.481 e. The van der Waals surface area contributed by atoms with Gasteiger partial charge in [0.1, 0.15) is 12.1 Å². The average Bonchev–Trinajstić information content (AvgIpc) is 3.76. The number of phosphoric acid groups is 1. The number of phosphoric ester groups is 1. The SMILES string of the molecule is CCCCCCCCCCCCCC(=O)NC(COCCC(CCCCCCC)OC(=O)CCCCCCCCCC)COP(=O)(O)OCCNC(=O)C(CCC(=O)O)NC(=O)Cc1c[nH]c2ccccc12. The van der Waals surface area contributed by atoms with Crippen molar-refractivity contribution in [2.24, 2.45) is 0 Å². The van der Waals surface area contributed by atoms with Crippen LogP contribution in [-0.4, -0.2) is 95.8 Å². The number of ether oxygens (including phenoxy) is 2. The van der Waals surface area contributed by atoms with Crippen molar-refractivity contribution in [3.05, 3.63) is 36.0 Å². The minimum absolute atomic E-state index is 0.0285. The second-order valence-corrected chi connectivity index (χ2v) is 20.9. The first-order chi connectivity index (χ1) is 34.9. The lowest BCUT2D eigenvalue weighted by Gasteiger charge is -2.22. The van der Waals surface area contributed by atoms with Gasteiger partial charge in [-0.05, 0) is 43.7 Å². The number of hydrogen-bond donors (Lipinski definition) is 6. The van der Waals surface area contributed by atoms with Crippen LogP contribution in [-0.2, 0) is 53.5 Å². The first kappa shape index (κ1) is 64.3. The summed E-state index contributed by atoms with van der Waals surface area (Å²) >= 11 is 0. The third kappa shape index (κ3) is 33.1. The summed E-state index contributed by atoms with van der Waals surface area (Å²) in [6.45, 7) is 5.71. The van der Waals surface area contributed by atoms with Crippen molar-refractivity contribution in [3.63, 3.8) is 0 Å². The average molecular weight is 1040 g/mol. The molecule has 0 bridgehead atoms. The monoisotopic (exact) mass is 1030 g/mol. The molecule has 0 aliphatic carbocycles. The molecular formula is C55H95N4O12P. The van der Waals surface area contributed by atoms with Crippen molar-refractivity contribution in [2.45, 2.75) is 238 Å². The molecule has 0 spiro atoms. The van der Waals surface area contributed by atoms with Crippen LogP contribution in [0.3, 0.4) is 0 Å². The summed E-state index contributed by atoms with van der Waals surface area (Å²) in [6.07, 6.45) is 29.9. The van der Waals surface area contributed by atoms with Crippen LogP contribution in [0.1, 0.15) is 219 Å². The molecule has 2 aromatic rings. The molecule has 0 saturated carbocycles. The third-order valence-corrected chi connectivity index (χ3v) is 13.8. The zero-order valence-electron chi connectivity index (χ0n) is 44.5. The Morgan fingerprint density at radius 2 is 1.19 bits per heavy atom. The first-order valence-electron chi connectivity index (χ1n) is 27.9.